The lowest BCUT2D eigenvalue weighted by molar-refractivity contribution is -0.115. The summed E-state index contributed by atoms with van der Waals surface area (Å²) in [6, 6.07) is 12.4. The molecule has 0 fully saturated rings. The van der Waals surface area contributed by atoms with E-state index in [2.05, 4.69) is 5.32 Å². The highest BCUT2D eigenvalue weighted by Crippen LogP contribution is 2.26. The lowest BCUT2D eigenvalue weighted by Crippen LogP contribution is -2.15. The first-order valence-electron chi connectivity index (χ1n) is 5.97. The molecule has 2 aromatic rings. The number of hydrogen-bond acceptors (Lipinski definition) is 2. The van der Waals surface area contributed by atoms with Crippen LogP contribution >= 0.6 is 23.2 Å². The molecule has 0 unspecified atom stereocenters. The second-order valence-electron chi connectivity index (χ2n) is 4.13. The number of carbonyl (C=O) groups excluding carboxylic acids is 1. The van der Waals surface area contributed by atoms with Crippen LogP contribution in [0.15, 0.2) is 42.5 Å². The van der Waals surface area contributed by atoms with Crippen LogP contribution in [-0.4, -0.2) is 13.0 Å². The fourth-order valence-electron chi connectivity index (χ4n) is 1.80. The number of rotatable bonds is 4. The fourth-order valence-corrected chi connectivity index (χ4v) is 2.34. The van der Waals surface area contributed by atoms with Gasteiger partial charge in [-0.25, -0.2) is 0 Å². The van der Waals surface area contributed by atoms with Crippen LogP contribution in [0.5, 0.6) is 5.75 Å². The normalized spacial score (nSPS) is 10.2. The molecule has 0 aliphatic carbocycles. The second kappa shape index (κ2) is 6.64. The molecule has 0 radical (unpaired) electrons. The van der Waals surface area contributed by atoms with Gasteiger partial charge in [0, 0.05) is 10.0 Å². The number of amides is 1. The third-order valence-electron chi connectivity index (χ3n) is 2.78. The van der Waals surface area contributed by atoms with E-state index in [-0.39, 0.29) is 12.3 Å². The number of carbonyl (C=O) groups is 1. The maximum atomic E-state index is 12.1. The monoisotopic (exact) mass is 309 g/mol. The highest BCUT2D eigenvalue weighted by Gasteiger charge is 2.12. The van der Waals surface area contributed by atoms with E-state index in [1.54, 1.807) is 37.4 Å². The van der Waals surface area contributed by atoms with Gasteiger partial charge >= 0.3 is 0 Å². The molecular weight excluding hydrogens is 297 g/mol. The predicted molar refractivity (Wildman–Crippen MR) is 81.8 cm³/mol. The summed E-state index contributed by atoms with van der Waals surface area (Å²) in [5, 5.41) is 3.74. The lowest BCUT2D eigenvalue weighted by atomic mass is 10.1. The van der Waals surface area contributed by atoms with E-state index < -0.39 is 0 Å². The molecule has 3 nitrogen and oxygen atoms in total. The molecule has 0 aliphatic heterocycles. The third-order valence-corrected chi connectivity index (χ3v) is 3.49. The Kier molecular flexibility index (Phi) is 4.88. The highest BCUT2D eigenvalue weighted by atomic mass is 35.5. The highest BCUT2D eigenvalue weighted by molar-refractivity contribution is 6.36. The van der Waals surface area contributed by atoms with Crippen molar-refractivity contribution in [2.45, 2.75) is 6.42 Å². The maximum Gasteiger partial charge on any atom is 0.229 e. The van der Waals surface area contributed by atoms with Crippen LogP contribution in [-0.2, 0) is 11.2 Å². The number of anilines is 1. The van der Waals surface area contributed by atoms with Crippen molar-refractivity contribution < 1.29 is 9.53 Å². The molecule has 0 atom stereocenters. The molecular formula is C15H13Cl2NO2. The van der Waals surface area contributed by atoms with Crippen molar-refractivity contribution in [1.82, 2.24) is 0 Å². The average Bonchev–Trinajstić information content (AvgIpc) is 2.44. The molecule has 0 aromatic heterocycles. The van der Waals surface area contributed by atoms with Gasteiger partial charge in [0.15, 0.2) is 0 Å². The zero-order valence-corrected chi connectivity index (χ0v) is 12.3. The number of para-hydroxylation sites is 2. The van der Waals surface area contributed by atoms with E-state index in [4.69, 9.17) is 27.9 Å². The summed E-state index contributed by atoms with van der Waals surface area (Å²) in [7, 11) is 1.55. The molecule has 1 N–H and O–H groups in total. The van der Waals surface area contributed by atoms with Crippen LogP contribution in [0.1, 0.15) is 5.56 Å². The van der Waals surface area contributed by atoms with Gasteiger partial charge in [-0.1, -0.05) is 41.4 Å². The minimum Gasteiger partial charge on any atom is -0.495 e. The largest absolute Gasteiger partial charge is 0.495 e. The van der Waals surface area contributed by atoms with Gasteiger partial charge in [0.05, 0.1) is 19.2 Å². The van der Waals surface area contributed by atoms with E-state index in [9.17, 15) is 4.79 Å². The Hall–Kier alpha value is -1.71. The van der Waals surface area contributed by atoms with Crippen molar-refractivity contribution in [3.8, 4) is 5.75 Å². The number of benzene rings is 2. The van der Waals surface area contributed by atoms with E-state index >= 15 is 0 Å². The third kappa shape index (κ3) is 3.44. The predicted octanol–water partition coefficient (Wildman–Crippen LogP) is 4.18. The number of halogens is 2. The molecule has 0 bridgehead atoms. The first-order chi connectivity index (χ1) is 9.61. The molecule has 0 saturated carbocycles. The summed E-state index contributed by atoms with van der Waals surface area (Å²) in [6.07, 6.45) is 0.108. The Labute approximate surface area is 127 Å². The van der Waals surface area contributed by atoms with Crippen LogP contribution in [0.3, 0.4) is 0 Å². The zero-order chi connectivity index (χ0) is 14.5. The minimum absolute atomic E-state index is 0.108. The number of hydrogen-bond donors (Lipinski definition) is 1. The molecule has 20 heavy (non-hydrogen) atoms. The van der Waals surface area contributed by atoms with Crippen molar-refractivity contribution in [3.05, 3.63) is 58.1 Å². The first-order valence-corrected chi connectivity index (χ1v) is 6.73. The number of methoxy groups -OCH3 is 1. The molecule has 0 aliphatic rings. The van der Waals surface area contributed by atoms with E-state index in [1.807, 2.05) is 12.1 Å². The van der Waals surface area contributed by atoms with Crippen molar-refractivity contribution in [2.24, 2.45) is 0 Å². The fraction of sp³-hybridized carbons (Fsp3) is 0.133. The van der Waals surface area contributed by atoms with Crippen LogP contribution in [0, 0.1) is 0 Å². The SMILES string of the molecule is COc1ccccc1NC(=O)Cc1c(Cl)cccc1Cl. The van der Waals surface area contributed by atoms with Crippen molar-refractivity contribution >= 4 is 34.8 Å². The van der Waals surface area contributed by atoms with Crippen LogP contribution in [0.25, 0.3) is 0 Å². The van der Waals surface area contributed by atoms with Gasteiger partial charge in [-0.05, 0) is 29.8 Å². The summed E-state index contributed by atoms with van der Waals surface area (Å²) in [6.45, 7) is 0. The van der Waals surface area contributed by atoms with Gasteiger partial charge in [-0.2, -0.15) is 0 Å². The first kappa shape index (κ1) is 14.7. The Morgan fingerprint density at radius 2 is 1.75 bits per heavy atom. The minimum atomic E-state index is -0.204. The Morgan fingerprint density at radius 1 is 1.10 bits per heavy atom. The Balaban J connectivity index is 2.13. The number of ether oxygens (including phenoxy) is 1. The molecule has 2 rings (SSSR count). The molecule has 0 saturated heterocycles. The summed E-state index contributed by atoms with van der Waals surface area (Å²) < 4.78 is 5.18. The van der Waals surface area contributed by atoms with Crippen molar-refractivity contribution in [2.75, 3.05) is 12.4 Å². The smallest absolute Gasteiger partial charge is 0.229 e. The number of nitrogens with one attached hydrogen (secondary N) is 1. The molecule has 5 heteroatoms. The molecule has 104 valence electrons. The van der Waals surface area contributed by atoms with Gasteiger partial charge in [-0.15, -0.1) is 0 Å². The van der Waals surface area contributed by atoms with Crippen molar-refractivity contribution in [3.63, 3.8) is 0 Å². The van der Waals surface area contributed by atoms with Crippen LogP contribution < -0.4 is 10.1 Å². The van der Waals surface area contributed by atoms with E-state index in [0.717, 1.165) is 0 Å². The van der Waals surface area contributed by atoms with Crippen molar-refractivity contribution in [1.29, 1.82) is 0 Å². The Morgan fingerprint density at radius 3 is 2.40 bits per heavy atom. The van der Waals surface area contributed by atoms with Gasteiger partial charge in [0.1, 0.15) is 5.75 Å². The molecule has 1 amide bonds. The average molecular weight is 310 g/mol. The van der Waals surface area contributed by atoms with Gasteiger partial charge in [0.2, 0.25) is 5.91 Å². The summed E-state index contributed by atoms with van der Waals surface area (Å²) >= 11 is 12.1. The van der Waals surface area contributed by atoms with Crippen LogP contribution in [0.2, 0.25) is 10.0 Å². The summed E-state index contributed by atoms with van der Waals surface area (Å²) in [4.78, 5) is 12.1. The van der Waals surface area contributed by atoms with E-state index in [1.165, 1.54) is 0 Å². The van der Waals surface area contributed by atoms with Gasteiger partial charge in [-0.3, -0.25) is 4.79 Å². The maximum absolute atomic E-state index is 12.1. The van der Waals surface area contributed by atoms with E-state index in [0.29, 0.717) is 27.0 Å². The molecule has 0 spiro atoms. The topological polar surface area (TPSA) is 38.3 Å². The molecule has 0 heterocycles. The summed E-state index contributed by atoms with van der Waals surface area (Å²) in [5.74, 6) is 0.399. The van der Waals surface area contributed by atoms with Gasteiger partial charge in [0.25, 0.3) is 0 Å². The second-order valence-corrected chi connectivity index (χ2v) is 4.94. The standard InChI is InChI=1S/C15H13Cl2NO2/c1-20-14-8-3-2-7-13(14)18-15(19)9-10-11(16)5-4-6-12(10)17/h2-8H,9H2,1H3,(H,18,19). The zero-order valence-electron chi connectivity index (χ0n) is 10.8. The van der Waals surface area contributed by atoms with Gasteiger partial charge < -0.3 is 10.1 Å². The van der Waals surface area contributed by atoms with Crippen LogP contribution in [0.4, 0.5) is 5.69 Å². The molecule has 2 aromatic carbocycles. The summed E-state index contributed by atoms with van der Waals surface area (Å²) in [5.41, 5.74) is 1.23. The Bertz CT molecular complexity index is 609. The lowest BCUT2D eigenvalue weighted by Gasteiger charge is -2.11. The quantitative estimate of drug-likeness (QED) is 0.920.